The van der Waals surface area contributed by atoms with E-state index in [1.54, 1.807) is 12.1 Å². The maximum atomic E-state index is 11.2. The second-order valence-electron chi connectivity index (χ2n) is 4.78. The number of hydrogen-bond acceptors (Lipinski definition) is 3. The van der Waals surface area contributed by atoms with Gasteiger partial charge in [0.05, 0.1) is 13.6 Å². The first kappa shape index (κ1) is 11.0. The molecule has 5 heteroatoms. The summed E-state index contributed by atoms with van der Waals surface area (Å²) in [6.07, 6.45) is 0. The minimum Gasteiger partial charge on any atom is -0.478 e. The van der Waals surface area contributed by atoms with Crippen molar-refractivity contribution in [1.82, 2.24) is 0 Å². The molecule has 1 aliphatic heterocycles. The van der Waals surface area contributed by atoms with Crippen molar-refractivity contribution in [1.29, 1.82) is 0 Å². The van der Waals surface area contributed by atoms with E-state index >= 15 is 0 Å². The Labute approximate surface area is 94.8 Å². The summed E-state index contributed by atoms with van der Waals surface area (Å²) in [5.74, 6) is 0.372. The molecule has 2 rings (SSSR count). The number of carboxylic acids is 1. The van der Waals surface area contributed by atoms with E-state index in [1.165, 1.54) is 0 Å². The number of rotatable bonds is 2. The molecule has 86 valence electrons. The SMILES string of the molecule is C[Si](C)(C)c1c(C(=O)O)ccc2c1OCO2. The average Bonchev–Trinajstić information content (AvgIpc) is 2.61. The first-order valence-corrected chi connectivity index (χ1v) is 8.57. The normalized spacial score (nSPS) is 13.9. The first-order valence-electron chi connectivity index (χ1n) is 5.07. The van der Waals surface area contributed by atoms with Crippen molar-refractivity contribution < 1.29 is 19.4 Å². The van der Waals surface area contributed by atoms with E-state index in [4.69, 9.17) is 9.47 Å². The van der Waals surface area contributed by atoms with E-state index in [0.29, 0.717) is 17.1 Å². The van der Waals surface area contributed by atoms with Crippen molar-refractivity contribution in [3.8, 4) is 11.5 Å². The van der Waals surface area contributed by atoms with Gasteiger partial charge in [-0.3, -0.25) is 0 Å². The molecule has 1 aromatic carbocycles. The highest BCUT2D eigenvalue weighted by Gasteiger charge is 2.32. The number of carbonyl (C=O) groups is 1. The van der Waals surface area contributed by atoms with E-state index in [0.717, 1.165) is 5.19 Å². The highest BCUT2D eigenvalue weighted by Crippen LogP contribution is 2.33. The average molecular weight is 238 g/mol. The Kier molecular flexibility index (Phi) is 2.42. The fraction of sp³-hybridized carbons (Fsp3) is 0.364. The third kappa shape index (κ3) is 1.67. The smallest absolute Gasteiger partial charge is 0.335 e. The van der Waals surface area contributed by atoms with Crippen molar-refractivity contribution in [2.24, 2.45) is 0 Å². The molecule has 1 aliphatic rings. The lowest BCUT2D eigenvalue weighted by Crippen LogP contribution is -2.42. The van der Waals surface area contributed by atoms with Gasteiger partial charge in [0.25, 0.3) is 0 Å². The van der Waals surface area contributed by atoms with E-state index in [2.05, 4.69) is 19.6 Å². The third-order valence-electron chi connectivity index (χ3n) is 2.52. The maximum absolute atomic E-state index is 11.2. The molecular weight excluding hydrogens is 224 g/mol. The maximum Gasteiger partial charge on any atom is 0.335 e. The van der Waals surface area contributed by atoms with Gasteiger partial charge in [-0.1, -0.05) is 19.6 Å². The highest BCUT2D eigenvalue weighted by atomic mass is 28.3. The second-order valence-corrected chi connectivity index (χ2v) is 9.78. The fourth-order valence-corrected chi connectivity index (χ4v) is 3.77. The van der Waals surface area contributed by atoms with Crippen LogP contribution in [0.4, 0.5) is 0 Å². The van der Waals surface area contributed by atoms with Gasteiger partial charge in [-0.15, -0.1) is 0 Å². The molecule has 0 aliphatic carbocycles. The summed E-state index contributed by atoms with van der Waals surface area (Å²) >= 11 is 0. The Morgan fingerprint density at radius 1 is 1.31 bits per heavy atom. The van der Waals surface area contributed by atoms with Crippen LogP contribution in [0.25, 0.3) is 0 Å². The number of benzene rings is 1. The van der Waals surface area contributed by atoms with Crippen LogP contribution in [0.5, 0.6) is 11.5 Å². The molecule has 0 saturated heterocycles. The van der Waals surface area contributed by atoms with Crippen LogP contribution in [0.1, 0.15) is 10.4 Å². The highest BCUT2D eigenvalue weighted by molar-refractivity contribution is 6.90. The molecule has 0 spiro atoms. The Hall–Kier alpha value is -1.49. The standard InChI is InChI=1S/C11H14O4Si/c1-16(2,3)10-7(11(12)13)4-5-8-9(10)15-6-14-8/h4-5H,6H2,1-3H3,(H,12,13). The zero-order valence-corrected chi connectivity index (χ0v) is 10.5. The van der Waals surface area contributed by atoms with Crippen molar-refractivity contribution >= 4 is 19.2 Å². The van der Waals surface area contributed by atoms with Crippen LogP contribution < -0.4 is 14.7 Å². The molecule has 1 aromatic rings. The van der Waals surface area contributed by atoms with Gasteiger partial charge in [0, 0.05) is 0 Å². The van der Waals surface area contributed by atoms with Crippen LogP contribution in [-0.4, -0.2) is 25.9 Å². The summed E-state index contributed by atoms with van der Waals surface area (Å²) in [4.78, 5) is 11.2. The number of aromatic carboxylic acids is 1. The molecule has 0 saturated carbocycles. The number of carboxylic acid groups (broad SMARTS) is 1. The van der Waals surface area contributed by atoms with Crippen LogP contribution in [-0.2, 0) is 0 Å². The summed E-state index contributed by atoms with van der Waals surface area (Å²) in [7, 11) is -1.78. The summed E-state index contributed by atoms with van der Waals surface area (Å²) in [6, 6.07) is 3.26. The van der Waals surface area contributed by atoms with Crippen LogP contribution in [0.15, 0.2) is 12.1 Å². The molecule has 0 bridgehead atoms. The zero-order valence-electron chi connectivity index (χ0n) is 9.53. The molecule has 0 radical (unpaired) electrons. The van der Waals surface area contributed by atoms with Crippen LogP contribution in [0.2, 0.25) is 19.6 Å². The lowest BCUT2D eigenvalue weighted by atomic mass is 10.2. The molecule has 0 fully saturated rings. The van der Waals surface area contributed by atoms with Crippen LogP contribution in [0, 0.1) is 0 Å². The minimum atomic E-state index is -1.78. The predicted molar refractivity (Wildman–Crippen MR) is 62.5 cm³/mol. The van der Waals surface area contributed by atoms with E-state index < -0.39 is 14.0 Å². The van der Waals surface area contributed by atoms with Gasteiger partial charge < -0.3 is 14.6 Å². The summed E-state index contributed by atoms with van der Waals surface area (Å²) in [6.45, 7) is 6.46. The van der Waals surface area contributed by atoms with Crippen molar-refractivity contribution in [3.05, 3.63) is 17.7 Å². The van der Waals surface area contributed by atoms with E-state index in [-0.39, 0.29) is 6.79 Å². The quantitative estimate of drug-likeness (QED) is 0.796. The zero-order chi connectivity index (χ0) is 11.9. The lowest BCUT2D eigenvalue weighted by Gasteiger charge is -2.21. The molecule has 0 atom stereocenters. The van der Waals surface area contributed by atoms with Gasteiger partial charge in [-0.05, 0) is 17.3 Å². The Bertz CT molecular complexity index is 448. The molecule has 1 N–H and O–H groups in total. The molecule has 16 heavy (non-hydrogen) atoms. The summed E-state index contributed by atoms with van der Waals surface area (Å²) < 4.78 is 10.7. The lowest BCUT2D eigenvalue weighted by molar-refractivity contribution is 0.0698. The monoisotopic (exact) mass is 238 g/mol. The molecule has 0 aromatic heterocycles. The molecular formula is C11H14O4Si. The molecule has 4 nitrogen and oxygen atoms in total. The largest absolute Gasteiger partial charge is 0.478 e. The van der Waals surface area contributed by atoms with Gasteiger partial charge >= 0.3 is 5.97 Å². The number of hydrogen-bond donors (Lipinski definition) is 1. The van der Waals surface area contributed by atoms with Gasteiger partial charge in [0.1, 0.15) is 0 Å². The van der Waals surface area contributed by atoms with E-state index in [1.807, 2.05) is 0 Å². The Morgan fingerprint density at radius 2 is 2.00 bits per heavy atom. The predicted octanol–water partition coefficient (Wildman–Crippen LogP) is 1.66. The number of fused-ring (bicyclic) bond motifs is 1. The van der Waals surface area contributed by atoms with Crippen LogP contribution >= 0.6 is 0 Å². The fourth-order valence-electron chi connectivity index (χ4n) is 1.90. The second kappa shape index (κ2) is 3.52. The van der Waals surface area contributed by atoms with Crippen molar-refractivity contribution in [2.75, 3.05) is 6.79 Å². The Morgan fingerprint density at radius 3 is 2.56 bits per heavy atom. The van der Waals surface area contributed by atoms with E-state index in [9.17, 15) is 9.90 Å². The molecule has 1 heterocycles. The number of ether oxygens (including phenoxy) is 2. The Balaban J connectivity index is 2.70. The topological polar surface area (TPSA) is 55.8 Å². The minimum absolute atomic E-state index is 0.176. The van der Waals surface area contributed by atoms with Crippen molar-refractivity contribution in [3.63, 3.8) is 0 Å². The molecule has 0 amide bonds. The van der Waals surface area contributed by atoms with Gasteiger partial charge in [0.2, 0.25) is 6.79 Å². The summed E-state index contributed by atoms with van der Waals surface area (Å²) in [5, 5.41) is 10.0. The van der Waals surface area contributed by atoms with Crippen LogP contribution in [0.3, 0.4) is 0 Å². The van der Waals surface area contributed by atoms with Crippen molar-refractivity contribution in [2.45, 2.75) is 19.6 Å². The summed E-state index contributed by atoms with van der Waals surface area (Å²) in [5.41, 5.74) is 0.336. The molecule has 0 unspecified atom stereocenters. The van der Waals surface area contributed by atoms with Gasteiger partial charge in [-0.2, -0.15) is 0 Å². The third-order valence-corrected chi connectivity index (χ3v) is 4.52. The van der Waals surface area contributed by atoms with Gasteiger partial charge in [0.15, 0.2) is 11.5 Å². The van der Waals surface area contributed by atoms with Gasteiger partial charge in [-0.25, -0.2) is 4.79 Å². The first-order chi connectivity index (χ1) is 7.41.